The maximum absolute atomic E-state index is 13.4. The normalized spacial score (nSPS) is 25.0. The topological polar surface area (TPSA) is 35.6 Å². The average molecular weight is 497 g/mol. The number of rotatable bonds is 5. The van der Waals surface area contributed by atoms with Gasteiger partial charge in [0, 0.05) is 29.8 Å². The molecule has 6 heteroatoms. The van der Waals surface area contributed by atoms with Gasteiger partial charge in [0.25, 0.3) is 0 Å². The number of carbonyl (C=O) groups excluding carboxylic acids is 1. The van der Waals surface area contributed by atoms with E-state index >= 15 is 0 Å². The first-order valence-corrected chi connectivity index (χ1v) is 13.6. The smallest absolute Gasteiger partial charge is 0.247 e. The van der Waals surface area contributed by atoms with Crippen LogP contribution in [0.5, 0.6) is 0 Å². The largest absolute Gasteiger partial charge is 0.336 e. The molecule has 0 radical (unpaired) electrons. The summed E-state index contributed by atoms with van der Waals surface area (Å²) in [7, 11) is 0. The zero-order valence-electron chi connectivity index (χ0n) is 20.4. The number of benzene rings is 1. The van der Waals surface area contributed by atoms with Crippen LogP contribution >= 0.6 is 24.0 Å². The molecule has 1 aromatic carbocycles. The predicted molar refractivity (Wildman–Crippen MR) is 142 cm³/mol. The zero-order chi connectivity index (χ0) is 22.4. The van der Waals surface area contributed by atoms with E-state index in [1.165, 1.54) is 57.8 Å². The number of hydrogen-bond donors (Lipinski definition) is 1. The standard InChI is InChI=1S/C27H42ClN3O.ClH/c1-2-3-13-25-29-26(32)27(31(25)24-16-14-22(28)15-17-24)18-20-30(21-19-27)23-11-9-7-5-4-6-8-10-12-23;/h14-17,23,25H,2-13,18-21H2,1H3,(H,29,32);1H. The molecule has 2 aliphatic heterocycles. The number of amides is 1. The highest BCUT2D eigenvalue weighted by Crippen LogP contribution is 2.41. The summed E-state index contributed by atoms with van der Waals surface area (Å²) in [6.07, 6.45) is 17.6. The SMILES string of the molecule is CCCCC1NC(=O)C2(CCN(C3CCCCCCCCC3)CC2)N1c1ccc(Cl)cc1.Cl. The van der Waals surface area contributed by atoms with E-state index in [1.807, 2.05) is 12.1 Å². The van der Waals surface area contributed by atoms with Crippen molar-refractivity contribution in [3.63, 3.8) is 0 Å². The fourth-order valence-corrected chi connectivity index (χ4v) is 6.39. The molecule has 1 aliphatic carbocycles. The van der Waals surface area contributed by atoms with Crippen LogP contribution in [0.1, 0.15) is 96.8 Å². The summed E-state index contributed by atoms with van der Waals surface area (Å²) in [6.45, 7) is 4.28. The lowest BCUT2D eigenvalue weighted by molar-refractivity contribution is -0.125. The molecule has 1 aromatic rings. The number of halogens is 2. The van der Waals surface area contributed by atoms with Gasteiger partial charge in [-0.05, 0) is 62.8 Å². The fourth-order valence-electron chi connectivity index (χ4n) is 6.27. The quantitative estimate of drug-likeness (QED) is 0.480. The zero-order valence-corrected chi connectivity index (χ0v) is 21.9. The van der Waals surface area contributed by atoms with Crippen molar-refractivity contribution in [3.8, 4) is 0 Å². The van der Waals surface area contributed by atoms with E-state index in [0.717, 1.165) is 55.9 Å². The van der Waals surface area contributed by atoms with Crippen molar-refractivity contribution < 1.29 is 4.79 Å². The van der Waals surface area contributed by atoms with Crippen molar-refractivity contribution in [1.82, 2.24) is 10.2 Å². The van der Waals surface area contributed by atoms with E-state index in [-0.39, 0.29) is 24.5 Å². The molecule has 4 rings (SSSR count). The lowest BCUT2D eigenvalue weighted by Crippen LogP contribution is -2.58. The van der Waals surface area contributed by atoms with E-state index in [2.05, 4.69) is 34.2 Å². The molecule has 2 saturated heterocycles. The molecule has 2 heterocycles. The molecule has 4 nitrogen and oxygen atoms in total. The second-order valence-electron chi connectivity index (χ2n) is 10.3. The highest BCUT2D eigenvalue weighted by molar-refractivity contribution is 6.30. The molecule has 1 amide bonds. The second-order valence-corrected chi connectivity index (χ2v) is 10.7. The van der Waals surface area contributed by atoms with Gasteiger partial charge in [-0.25, -0.2) is 0 Å². The van der Waals surface area contributed by atoms with Gasteiger partial charge in [-0.2, -0.15) is 0 Å². The Bertz CT molecular complexity index is 723. The van der Waals surface area contributed by atoms with Gasteiger partial charge in [0.2, 0.25) is 5.91 Å². The number of carbonyl (C=O) groups is 1. The molecule has 0 aromatic heterocycles. The molecule has 1 atom stereocenters. The van der Waals surface area contributed by atoms with Crippen LogP contribution in [0, 0.1) is 0 Å². The number of anilines is 1. The summed E-state index contributed by atoms with van der Waals surface area (Å²) < 4.78 is 0. The third-order valence-electron chi connectivity index (χ3n) is 8.15. The van der Waals surface area contributed by atoms with Gasteiger partial charge in [0.1, 0.15) is 11.7 Å². The minimum Gasteiger partial charge on any atom is -0.336 e. The number of nitrogens with one attached hydrogen (secondary N) is 1. The van der Waals surface area contributed by atoms with Crippen molar-refractivity contribution >= 4 is 35.6 Å². The summed E-state index contributed by atoms with van der Waals surface area (Å²) in [5.41, 5.74) is 0.708. The summed E-state index contributed by atoms with van der Waals surface area (Å²) in [5.74, 6) is 0.235. The van der Waals surface area contributed by atoms with Crippen LogP contribution in [0.4, 0.5) is 5.69 Å². The van der Waals surface area contributed by atoms with Gasteiger partial charge >= 0.3 is 0 Å². The van der Waals surface area contributed by atoms with Crippen LogP contribution in [0.3, 0.4) is 0 Å². The van der Waals surface area contributed by atoms with E-state index < -0.39 is 5.54 Å². The molecule has 186 valence electrons. The Morgan fingerprint density at radius 1 is 0.970 bits per heavy atom. The van der Waals surface area contributed by atoms with Crippen LogP contribution in [-0.4, -0.2) is 41.6 Å². The maximum Gasteiger partial charge on any atom is 0.247 e. The third kappa shape index (κ3) is 6.18. The van der Waals surface area contributed by atoms with Crippen LogP contribution in [-0.2, 0) is 4.79 Å². The van der Waals surface area contributed by atoms with Crippen molar-refractivity contribution in [2.75, 3.05) is 18.0 Å². The van der Waals surface area contributed by atoms with Gasteiger partial charge in [0.05, 0.1) is 0 Å². The second kappa shape index (κ2) is 12.7. The van der Waals surface area contributed by atoms with E-state index in [1.54, 1.807) is 0 Å². The lowest BCUT2D eigenvalue weighted by atomic mass is 9.84. The van der Waals surface area contributed by atoms with Crippen molar-refractivity contribution in [1.29, 1.82) is 0 Å². The van der Waals surface area contributed by atoms with Gasteiger partial charge in [-0.3, -0.25) is 4.79 Å². The van der Waals surface area contributed by atoms with Gasteiger partial charge in [-0.15, -0.1) is 12.4 Å². The van der Waals surface area contributed by atoms with Crippen LogP contribution < -0.4 is 10.2 Å². The number of piperidine rings is 1. The third-order valence-corrected chi connectivity index (χ3v) is 8.40. The van der Waals surface area contributed by atoms with Gasteiger partial charge in [-0.1, -0.05) is 69.9 Å². The molecule has 33 heavy (non-hydrogen) atoms. The molecule has 1 unspecified atom stereocenters. The number of unbranched alkanes of at least 4 members (excludes halogenated alkanes) is 1. The van der Waals surface area contributed by atoms with Crippen LogP contribution in [0.25, 0.3) is 0 Å². The number of nitrogens with zero attached hydrogens (tertiary/aromatic N) is 2. The van der Waals surface area contributed by atoms with Crippen molar-refractivity contribution in [3.05, 3.63) is 29.3 Å². The first kappa shape index (κ1) is 26.6. The molecule has 1 saturated carbocycles. The minimum atomic E-state index is -0.418. The minimum absolute atomic E-state index is 0. The summed E-state index contributed by atoms with van der Waals surface area (Å²) in [6, 6.07) is 8.81. The highest BCUT2D eigenvalue weighted by Gasteiger charge is 2.54. The molecule has 3 fully saturated rings. The summed E-state index contributed by atoms with van der Waals surface area (Å²) >= 11 is 6.19. The van der Waals surface area contributed by atoms with E-state index in [4.69, 9.17) is 11.6 Å². The Morgan fingerprint density at radius 3 is 2.12 bits per heavy atom. The average Bonchev–Trinajstić information content (AvgIpc) is 3.08. The van der Waals surface area contributed by atoms with E-state index in [9.17, 15) is 4.79 Å². The monoisotopic (exact) mass is 495 g/mol. The number of likely N-dealkylation sites (tertiary alicyclic amines) is 1. The predicted octanol–water partition coefficient (Wildman–Crippen LogP) is 6.94. The molecular formula is C27H43Cl2N3O. The van der Waals surface area contributed by atoms with Gasteiger partial charge < -0.3 is 15.1 Å². The molecule has 1 spiro atoms. The lowest BCUT2D eigenvalue weighted by Gasteiger charge is -2.47. The molecular weight excluding hydrogens is 453 g/mol. The Balaban J connectivity index is 0.00000306. The molecule has 3 aliphatic rings. The highest BCUT2D eigenvalue weighted by atomic mass is 35.5. The van der Waals surface area contributed by atoms with Crippen molar-refractivity contribution in [2.45, 2.75) is 115 Å². The first-order valence-electron chi connectivity index (χ1n) is 13.2. The van der Waals surface area contributed by atoms with Crippen molar-refractivity contribution in [2.24, 2.45) is 0 Å². The van der Waals surface area contributed by atoms with Crippen LogP contribution in [0.15, 0.2) is 24.3 Å². The Labute approximate surface area is 212 Å². The van der Waals surface area contributed by atoms with Crippen LogP contribution in [0.2, 0.25) is 5.02 Å². The first-order chi connectivity index (χ1) is 15.6. The molecule has 0 bridgehead atoms. The Morgan fingerprint density at radius 2 is 1.55 bits per heavy atom. The Hall–Kier alpha value is -0.970. The summed E-state index contributed by atoms with van der Waals surface area (Å²) in [5, 5.41) is 4.12. The summed E-state index contributed by atoms with van der Waals surface area (Å²) in [4.78, 5) is 18.6. The Kier molecular flexibility index (Phi) is 10.2. The van der Waals surface area contributed by atoms with Gasteiger partial charge in [0.15, 0.2) is 0 Å². The number of hydrogen-bond acceptors (Lipinski definition) is 3. The fraction of sp³-hybridized carbons (Fsp3) is 0.741. The molecule has 1 N–H and O–H groups in total. The van der Waals surface area contributed by atoms with E-state index in [0.29, 0.717) is 6.04 Å². The maximum atomic E-state index is 13.4.